The van der Waals surface area contributed by atoms with E-state index >= 15 is 0 Å². The zero-order valence-corrected chi connectivity index (χ0v) is 23.5. The number of carboxylic acid groups (broad SMARTS) is 1. The van der Waals surface area contributed by atoms with Gasteiger partial charge in [-0.2, -0.15) is 9.97 Å². The van der Waals surface area contributed by atoms with Crippen LogP contribution in [-0.2, 0) is 14.4 Å². The Morgan fingerprint density at radius 2 is 1.83 bits per heavy atom. The number of hydrogen-bond donors (Lipinski definition) is 2. The van der Waals surface area contributed by atoms with Crippen LogP contribution in [0.4, 0.5) is 0 Å². The Bertz CT molecular complexity index is 1330. The van der Waals surface area contributed by atoms with E-state index in [9.17, 15) is 19.5 Å². The summed E-state index contributed by atoms with van der Waals surface area (Å²) in [6, 6.07) is 9.18. The molecule has 1 aliphatic heterocycles. The van der Waals surface area contributed by atoms with Crippen molar-refractivity contribution in [2.24, 2.45) is 17.8 Å². The first kappa shape index (κ1) is 28.4. The van der Waals surface area contributed by atoms with Crippen LogP contribution in [0.2, 0.25) is 0 Å². The highest BCUT2D eigenvalue weighted by atomic mass is 16.5. The van der Waals surface area contributed by atoms with E-state index in [2.05, 4.69) is 15.3 Å². The average molecular weight is 565 g/mol. The molecule has 0 radical (unpaired) electrons. The number of carbonyl (C=O) groups excluding carboxylic acids is 2. The summed E-state index contributed by atoms with van der Waals surface area (Å²) < 4.78 is 16.8. The van der Waals surface area contributed by atoms with Crippen LogP contribution in [-0.4, -0.2) is 77.2 Å². The first-order valence-corrected chi connectivity index (χ1v) is 13.9. The van der Waals surface area contributed by atoms with Crippen molar-refractivity contribution in [1.29, 1.82) is 0 Å². The number of nitrogens with zero attached hydrogens (tertiary/aromatic N) is 3. The average Bonchev–Trinajstić information content (AvgIpc) is 3.51. The van der Waals surface area contributed by atoms with Crippen molar-refractivity contribution < 1.29 is 33.7 Å². The lowest BCUT2D eigenvalue weighted by atomic mass is 9.93. The molecular weight excluding hydrogens is 528 g/mol. The van der Waals surface area contributed by atoms with Gasteiger partial charge in [0.05, 0.1) is 31.7 Å². The van der Waals surface area contributed by atoms with Gasteiger partial charge >= 0.3 is 12.0 Å². The van der Waals surface area contributed by atoms with Gasteiger partial charge in [0.25, 0.3) is 0 Å². The molecule has 0 bridgehead atoms. The summed E-state index contributed by atoms with van der Waals surface area (Å²) in [5.74, 6) is -2.30. The van der Waals surface area contributed by atoms with Gasteiger partial charge < -0.3 is 29.5 Å². The van der Waals surface area contributed by atoms with Gasteiger partial charge in [-0.1, -0.05) is 12.2 Å². The van der Waals surface area contributed by atoms with Gasteiger partial charge in [-0.15, -0.1) is 0 Å². The van der Waals surface area contributed by atoms with Gasteiger partial charge in [0.1, 0.15) is 17.4 Å². The van der Waals surface area contributed by atoms with E-state index in [-0.39, 0.29) is 30.1 Å². The summed E-state index contributed by atoms with van der Waals surface area (Å²) in [6.07, 6.45) is 6.77. The predicted molar refractivity (Wildman–Crippen MR) is 148 cm³/mol. The molecular formula is C30H36N4O7. The van der Waals surface area contributed by atoms with Crippen LogP contribution in [0.25, 0.3) is 11.3 Å². The molecule has 2 aliphatic carbocycles. The molecule has 11 heteroatoms. The Kier molecular flexibility index (Phi) is 8.14. The molecule has 2 aromatic rings. The number of methoxy groups -OCH3 is 2. The minimum atomic E-state index is -1.33. The van der Waals surface area contributed by atoms with E-state index in [0.29, 0.717) is 30.8 Å². The fourth-order valence-corrected chi connectivity index (χ4v) is 5.83. The molecule has 0 unspecified atom stereocenters. The number of nitrogens with one attached hydrogen (secondary N) is 1. The van der Waals surface area contributed by atoms with E-state index in [1.165, 1.54) is 7.11 Å². The normalized spacial score (nSPS) is 28.9. The molecule has 2 N–H and O–H groups in total. The van der Waals surface area contributed by atoms with E-state index in [1.54, 1.807) is 25.1 Å². The number of aromatic nitrogens is 2. The fraction of sp³-hybridized carbons (Fsp3) is 0.500. The predicted octanol–water partition coefficient (Wildman–Crippen LogP) is 3.09. The molecule has 1 aromatic heterocycles. The number of allylic oxidation sites excluding steroid dienone is 1. The van der Waals surface area contributed by atoms with Crippen LogP contribution in [0.15, 0.2) is 42.5 Å². The Balaban J connectivity index is 1.39. The summed E-state index contributed by atoms with van der Waals surface area (Å²) in [7, 11) is 4.81. The zero-order valence-electron chi connectivity index (χ0n) is 23.5. The first-order valence-electron chi connectivity index (χ1n) is 13.9. The second kappa shape index (κ2) is 11.8. The fourth-order valence-electron chi connectivity index (χ4n) is 5.83. The summed E-state index contributed by atoms with van der Waals surface area (Å²) in [5, 5.41) is 12.8. The molecule has 2 saturated carbocycles. The molecule has 2 heterocycles. The molecule has 11 nitrogen and oxygen atoms in total. The smallest absolute Gasteiger partial charge is 0.330 e. The minimum absolute atomic E-state index is 0.120. The Morgan fingerprint density at radius 1 is 1.07 bits per heavy atom. The number of benzene rings is 1. The third kappa shape index (κ3) is 5.98. The quantitative estimate of drug-likeness (QED) is 0.507. The number of aliphatic carboxylic acids is 1. The van der Waals surface area contributed by atoms with E-state index in [4.69, 9.17) is 14.2 Å². The number of amides is 2. The highest BCUT2D eigenvalue weighted by Gasteiger charge is 2.61. The van der Waals surface area contributed by atoms with Gasteiger partial charge in [0.2, 0.25) is 17.7 Å². The summed E-state index contributed by atoms with van der Waals surface area (Å²) >= 11 is 0. The molecule has 5 atom stereocenters. The van der Waals surface area contributed by atoms with Crippen molar-refractivity contribution >= 4 is 17.8 Å². The number of fused-ring (bicyclic) bond motifs is 2. The van der Waals surface area contributed by atoms with Crippen molar-refractivity contribution in [3.8, 4) is 28.9 Å². The molecule has 2 amide bonds. The number of carboxylic acids is 1. The number of hydrogen-bond acceptors (Lipinski definition) is 8. The van der Waals surface area contributed by atoms with Crippen LogP contribution in [0.5, 0.6) is 17.6 Å². The summed E-state index contributed by atoms with van der Waals surface area (Å²) in [5.41, 5.74) is 0.0543. The lowest BCUT2D eigenvalue weighted by molar-refractivity contribution is -0.145. The van der Waals surface area contributed by atoms with E-state index < -0.39 is 35.4 Å². The maximum Gasteiger partial charge on any atom is 0.330 e. The highest BCUT2D eigenvalue weighted by Crippen LogP contribution is 2.46. The van der Waals surface area contributed by atoms with Crippen molar-refractivity contribution in [2.75, 3.05) is 27.8 Å². The Hall–Kier alpha value is -4.15. The standard InChI is InChI=1S/C30H36N4O7/c1-34-13-7-5-4-6-8-19-17-30(19,28(37)38)33-26(35)22-14-21(15-23(22)27(34)36)41-25-16-24(31-29(32-25)40-3)18-9-11-20(39-2)12-10-18/h6,8-12,16,19,21-23H,4-5,7,13-15,17H2,1-3H3,(H,33,35)(H,37,38)/b8-6-/t19-,21-,22-,23-,30-/m1/s1. The molecule has 0 spiro atoms. The third-order valence-electron chi connectivity index (χ3n) is 8.31. The molecule has 41 heavy (non-hydrogen) atoms. The monoisotopic (exact) mass is 564 g/mol. The maximum atomic E-state index is 13.6. The minimum Gasteiger partial charge on any atom is -0.497 e. The van der Waals surface area contributed by atoms with Crippen molar-refractivity contribution in [3.63, 3.8) is 0 Å². The first-order chi connectivity index (χ1) is 19.7. The number of carbonyl (C=O) groups is 3. The lowest BCUT2D eigenvalue weighted by Gasteiger charge is -2.26. The van der Waals surface area contributed by atoms with Crippen molar-refractivity contribution in [1.82, 2.24) is 20.2 Å². The third-order valence-corrected chi connectivity index (χ3v) is 8.31. The van der Waals surface area contributed by atoms with Gasteiger partial charge in [-0.25, -0.2) is 4.79 Å². The molecule has 5 rings (SSSR count). The van der Waals surface area contributed by atoms with Crippen molar-refractivity contribution in [3.05, 3.63) is 42.5 Å². The lowest BCUT2D eigenvalue weighted by Crippen LogP contribution is -2.49. The van der Waals surface area contributed by atoms with Crippen LogP contribution in [0.3, 0.4) is 0 Å². The van der Waals surface area contributed by atoms with E-state index in [0.717, 1.165) is 24.8 Å². The van der Waals surface area contributed by atoms with Gasteiger partial charge in [0, 0.05) is 31.1 Å². The number of rotatable bonds is 6. The highest BCUT2D eigenvalue weighted by molar-refractivity contribution is 5.94. The molecule has 218 valence electrons. The molecule has 1 aromatic carbocycles. The largest absolute Gasteiger partial charge is 0.497 e. The van der Waals surface area contributed by atoms with Gasteiger partial charge in [0.15, 0.2) is 0 Å². The Labute approximate surface area is 238 Å². The topological polar surface area (TPSA) is 140 Å². The second-order valence-electron chi connectivity index (χ2n) is 11.0. The van der Waals surface area contributed by atoms with Crippen molar-refractivity contribution in [2.45, 2.75) is 50.2 Å². The van der Waals surface area contributed by atoms with Crippen LogP contribution in [0, 0.1) is 17.8 Å². The summed E-state index contributed by atoms with van der Waals surface area (Å²) in [4.78, 5) is 49.8. The second-order valence-corrected chi connectivity index (χ2v) is 11.0. The van der Waals surface area contributed by atoms with Gasteiger partial charge in [-0.05, 0) is 62.8 Å². The molecule has 0 saturated heterocycles. The molecule has 2 fully saturated rings. The molecule has 3 aliphatic rings. The van der Waals surface area contributed by atoms with E-state index in [1.807, 2.05) is 36.4 Å². The maximum absolute atomic E-state index is 13.6. The zero-order chi connectivity index (χ0) is 29.1. The summed E-state index contributed by atoms with van der Waals surface area (Å²) in [6.45, 7) is 0.583. The number of ether oxygens (including phenoxy) is 3. The Morgan fingerprint density at radius 3 is 2.54 bits per heavy atom. The van der Waals surface area contributed by atoms with Gasteiger partial charge in [-0.3, -0.25) is 9.59 Å². The van der Waals surface area contributed by atoms with Crippen LogP contribution in [0.1, 0.15) is 38.5 Å². The SMILES string of the molecule is COc1ccc(-c2cc(O[C@@H]3C[C@H]4C(=O)N[C@]5(C(=O)O)C[C@H]5/C=C\CCCCN(C)C(=O)[C@@H]4C3)nc(OC)n2)cc1. The van der Waals surface area contributed by atoms with Crippen LogP contribution >= 0.6 is 0 Å². The van der Waals surface area contributed by atoms with Crippen LogP contribution < -0.4 is 19.5 Å².